The van der Waals surface area contributed by atoms with E-state index in [-0.39, 0.29) is 6.42 Å². The van der Waals surface area contributed by atoms with E-state index in [1.165, 1.54) is 0 Å². The molecule has 0 spiro atoms. The number of ether oxygens (including phenoxy) is 2. The second kappa shape index (κ2) is 10.4. The Hall–Kier alpha value is -3.72. The van der Waals surface area contributed by atoms with Crippen molar-refractivity contribution in [2.24, 2.45) is 0 Å². The zero-order valence-corrected chi connectivity index (χ0v) is 23.7. The molecular weight excluding hydrogens is 548 g/mol. The molecule has 1 N–H and O–H groups in total. The summed E-state index contributed by atoms with van der Waals surface area (Å²) in [6.45, 7) is 4.17. The van der Waals surface area contributed by atoms with Gasteiger partial charge in [-0.15, -0.1) is 0 Å². The highest BCUT2D eigenvalue weighted by atomic mass is 35.5. The Bertz CT molecular complexity index is 1710. The fraction of sp³-hybridized carbons (Fsp3) is 0.226. The van der Waals surface area contributed by atoms with Crippen LogP contribution in [-0.4, -0.2) is 24.9 Å². The number of halogens is 1. The van der Waals surface area contributed by atoms with Crippen LogP contribution >= 0.6 is 11.6 Å². The molecule has 2 heterocycles. The maximum Gasteiger partial charge on any atom is 0.265 e. The van der Waals surface area contributed by atoms with Crippen LogP contribution in [0.5, 0.6) is 23.0 Å². The summed E-state index contributed by atoms with van der Waals surface area (Å²) in [5.41, 5.74) is 5.17. The molecule has 4 aromatic carbocycles. The number of hydrogen-bond acceptors (Lipinski definition) is 6. The van der Waals surface area contributed by atoms with Gasteiger partial charge in [-0.25, -0.2) is 0 Å². The Morgan fingerprint density at radius 3 is 2.15 bits per heavy atom. The molecule has 2 aliphatic heterocycles. The van der Waals surface area contributed by atoms with Gasteiger partial charge in [0.25, 0.3) is 10.1 Å². The molecule has 0 saturated heterocycles. The van der Waals surface area contributed by atoms with Crippen LogP contribution in [0, 0.1) is 0 Å². The largest absolute Gasteiger partial charge is 0.453 e. The Morgan fingerprint density at radius 2 is 1.43 bits per heavy atom. The molecule has 0 radical (unpaired) electrons. The Kier molecular flexibility index (Phi) is 6.86. The van der Waals surface area contributed by atoms with Gasteiger partial charge in [0.2, 0.25) is 0 Å². The van der Waals surface area contributed by atoms with Gasteiger partial charge in [0.05, 0.1) is 27.8 Å². The lowest BCUT2D eigenvalue weighted by Crippen LogP contribution is -2.47. The van der Waals surface area contributed by atoms with Crippen LogP contribution in [0.2, 0.25) is 5.02 Å². The third-order valence-corrected chi connectivity index (χ3v) is 8.44. The van der Waals surface area contributed by atoms with E-state index in [1.54, 1.807) is 6.07 Å². The molecule has 0 fully saturated rings. The predicted octanol–water partition coefficient (Wildman–Crippen LogP) is 8.26. The minimum Gasteiger partial charge on any atom is -0.453 e. The third-order valence-electron chi connectivity index (χ3n) is 7.38. The minimum atomic E-state index is -4.29. The van der Waals surface area contributed by atoms with E-state index in [0.717, 1.165) is 41.0 Å². The molecule has 2 aliphatic rings. The summed E-state index contributed by atoms with van der Waals surface area (Å²) in [7, 11) is -4.29. The zero-order valence-electron chi connectivity index (χ0n) is 22.2. The molecule has 0 saturated carbocycles. The quantitative estimate of drug-likeness (QED) is 0.222. The van der Waals surface area contributed by atoms with Gasteiger partial charge in [0, 0.05) is 6.42 Å². The van der Waals surface area contributed by atoms with Crippen molar-refractivity contribution in [3.63, 3.8) is 0 Å². The lowest BCUT2D eigenvalue weighted by atomic mass is 10.0. The van der Waals surface area contributed by atoms with Gasteiger partial charge in [-0.05, 0) is 66.4 Å². The minimum absolute atomic E-state index is 0.0606. The Morgan fingerprint density at radius 1 is 0.775 bits per heavy atom. The molecular formula is C31H29ClN2O5S. The van der Waals surface area contributed by atoms with E-state index < -0.39 is 22.0 Å². The first-order valence-electron chi connectivity index (χ1n) is 13.3. The predicted molar refractivity (Wildman–Crippen MR) is 159 cm³/mol. The monoisotopic (exact) mass is 576 g/mol. The average Bonchev–Trinajstić information content (AvgIpc) is 2.95. The Balaban J connectivity index is 1.66. The van der Waals surface area contributed by atoms with E-state index in [2.05, 4.69) is 30.9 Å². The number of fused-ring (bicyclic) bond motifs is 4. The summed E-state index contributed by atoms with van der Waals surface area (Å²) in [5.74, 6) is 2.06. The van der Waals surface area contributed by atoms with Crippen LogP contribution in [0.3, 0.4) is 0 Å². The smallest absolute Gasteiger partial charge is 0.265 e. The van der Waals surface area contributed by atoms with Gasteiger partial charge in [-0.3, -0.25) is 4.55 Å². The molecule has 1 unspecified atom stereocenters. The van der Waals surface area contributed by atoms with E-state index in [1.807, 2.05) is 65.6 Å². The van der Waals surface area contributed by atoms with Crippen LogP contribution < -0.4 is 19.3 Å². The third kappa shape index (κ3) is 4.66. The van der Waals surface area contributed by atoms with Crippen molar-refractivity contribution < 1.29 is 22.4 Å². The van der Waals surface area contributed by atoms with Crippen molar-refractivity contribution in [1.29, 1.82) is 0 Å². The van der Waals surface area contributed by atoms with Crippen LogP contribution in [0.15, 0.2) is 78.9 Å². The molecule has 206 valence electrons. The van der Waals surface area contributed by atoms with Crippen LogP contribution in [0.25, 0.3) is 0 Å². The summed E-state index contributed by atoms with van der Waals surface area (Å²) in [4.78, 5) is 4.18. The molecule has 0 bridgehead atoms. The highest BCUT2D eigenvalue weighted by Gasteiger charge is 2.40. The van der Waals surface area contributed by atoms with Crippen LogP contribution in [-0.2, 0) is 23.0 Å². The standard InChI is InChI=1S/C31H29ClN2O5S/c1-3-20-15-16-26-24(19-20)34(30-21(4-2)9-7-13-27(30)39-26)29(17-18-40(35,36)37)33-23-11-5-6-12-25(23)38-28-14-8-10-22(32)31(28)33/h5-16,19,29H,3-4,17-18H2,1-2H3,(H,35,36,37). The van der Waals surface area contributed by atoms with Gasteiger partial charge in [0.1, 0.15) is 11.9 Å². The normalized spacial score (nSPS) is 14.3. The number of hydrogen-bond donors (Lipinski definition) is 1. The summed E-state index contributed by atoms with van der Waals surface area (Å²) in [6, 6.07) is 25.1. The molecule has 4 aromatic rings. The van der Waals surface area contributed by atoms with Crippen molar-refractivity contribution in [3.05, 3.63) is 95.0 Å². The second-order valence-corrected chi connectivity index (χ2v) is 11.8. The zero-order chi connectivity index (χ0) is 28.0. The SMILES string of the molecule is CCc1ccc2c(c1)N(C(CCS(=O)(=O)O)N1c3ccccc3Oc3cccc(Cl)c31)c1c(CC)cccc1O2. The van der Waals surface area contributed by atoms with E-state index in [4.69, 9.17) is 21.1 Å². The molecule has 6 rings (SSSR count). The number of para-hydroxylation sites is 4. The molecule has 7 nitrogen and oxygen atoms in total. The Labute approximate surface area is 239 Å². The molecule has 9 heteroatoms. The molecule has 40 heavy (non-hydrogen) atoms. The first kappa shape index (κ1) is 26.5. The summed E-state index contributed by atoms with van der Waals surface area (Å²) in [6.07, 6.45) is 0.972. The van der Waals surface area contributed by atoms with Crippen LogP contribution in [0.1, 0.15) is 31.4 Å². The van der Waals surface area contributed by atoms with Gasteiger partial charge < -0.3 is 19.3 Å². The number of nitrogens with zero attached hydrogens (tertiary/aromatic N) is 2. The molecule has 0 amide bonds. The topological polar surface area (TPSA) is 79.3 Å². The second-order valence-electron chi connectivity index (χ2n) is 9.83. The van der Waals surface area contributed by atoms with E-state index in [9.17, 15) is 13.0 Å². The van der Waals surface area contributed by atoms with Gasteiger partial charge in [0.15, 0.2) is 23.0 Å². The van der Waals surface area contributed by atoms with Crippen molar-refractivity contribution in [3.8, 4) is 23.0 Å². The van der Waals surface area contributed by atoms with Crippen molar-refractivity contribution in [1.82, 2.24) is 0 Å². The molecule has 1 atom stereocenters. The summed E-state index contributed by atoms with van der Waals surface area (Å²) >= 11 is 6.85. The van der Waals surface area contributed by atoms with Crippen molar-refractivity contribution in [2.45, 2.75) is 39.3 Å². The highest BCUT2D eigenvalue weighted by molar-refractivity contribution is 7.85. The maximum absolute atomic E-state index is 12.2. The number of anilines is 4. The number of benzene rings is 4. The summed E-state index contributed by atoms with van der Waals surface area (Å²) < 4.78 is 47.0. The number of aryl methyl sites for hydroxylation is 2. The lowest BCUT2D eigenvalue weighted by Gasteiger charge is -2.47. The number of rotatable bonds is 7. The lowest BCUT2D eigenvalue weighted by molar-refractivity contribution is 0.447. The fourth-order valence-electron chi connectivity index (χ4n) is 5.55. The summed E-state index contributed by atoms with van der Waals surface area (Å²) in [5, 5.41) is 0.462. The fourth-order valence-corrected chi connectivity index (χ4v) is 6.31. The van der Waals surface area contributed by atoms with Crippen molar-refractivity contribution in [2.75, 3.05) is 15.6 Å². The maximum atomic E-state index is 12.2. The average molecular weight is 577 g/mol. The highest BCUT2D eigenvalue weighted by Crippen LogP contribution is 2.55. The van der Waals surface area contributed by atoms with E-state index in [0.29, 0.717) is 33.7 Å². The van der Waals surface area contributed by atoms with Crippen molar-refractivity contribution >= 4 is 44.5 Å². The van der Waals surface area contributed by atoms with Gasteiger partial charge in [-0.2, -0.15) is 8.42 Å². The molecule has 0 aliphatic carbocycles. The van der Waals surface area contributed by atoms with Gasteiger partial charge >= 0.3 is 0 Å². The van der Waals surface area contributed by atoms with E-state index >= 15 is 0 Å². The first-order valence-corrected chi connectivity index (χ1v) is 15.3. The van der Waals surface area contributed by atoms with Crippen LogP contribution in [0.4, 0.5) is 22.7 Å². The van der Waals surface area contributed by atoms with Gasteiger partial charge in [-0.1, -0.05) is 61.8 Å². The first-order chi connectivity index (χ1) is 19.3. The molecule has 0 aromatic heterocycles.